The number of amides is 1. The predicted octanol–water partition coefficient (Wildman–Crippen LogP) is -0.369. The fourth-order valence-electron chi connectivity index (χ4n) is 2.54. The van der Waals surface area contributed by atoms with Gasteiger partial charge in [-0.2, -0.15) is 0 Å². The summed E-state index contributed by atoms with van der Waals surface area (Å²) >= 11 is 0. The Morgan fingerprint density at radius 1 is 1.30 bits per heavy atom. The van der Waals surface area contributed by atoms with Gasteiger partial charge in [0.2, 0.25) is 0 Å². The summed E-state index contributed by atoms with van der Waals surface area (Å²) in [4.78, 5) is 15.7. The minimum Gasteiger partial charge on any atom is -0.384 e. The number of piperazine rings is 1. The van der Waals surface area contributed by atoms with Gasteiger partial charge >= 0.3 is 0 Å². The molecule has 2 rings (SSSR count). The van der Waals surface area contributed by atoms with Crippen LogP contribution in [0.15, 0.2) is 0 Å². The van der Waals surface area contributed by atoms with Crippen molar-refractivity contribution in [2.24, 2.45) is 0 Å². The van der Waals surface area contributed by atoms with Gasteiger partial charge in [0.15, 0.2) is 0 Å². The van der Waals surface area contributed by atoms with Crippen LogP contribution in [0.3, 0.4) is 0 Å². The molecule has 1 aliphatic heterocycles. The first-order valence-corrected chi connectivity index (χ1v) is 7.10. The third-order valence-corrected chi connectivity index (χ3v) is 3.73. The molecule has 1 amide bonds. The second-order valence-electron chi connectivity index (χ2n) is 5.19. The highest BCUT2D eigenvalue weighted by Crippen LogP contribution is 2.09. The molecule has 1 fully saturated rings. The van der Waals surface area contributed by atoms with Crippen LogP contribution < -0.4 is 0 Å². The summed E-state index contributed by atoms with van der Waals surface area (Å²) in [6.45, 7) is 10.1. The maximum Gasteiger partial charge on any atom is 0.251 e. The first-order valence-electron chi connectivity index (χ1n) is 7.10. The predicted molar refractivity (Wildman–Crippen MR) is 74.0 cm³/mol. The number of nitrogens with zero attached hydrogens (tertiary/aromatic N) is 5. The monoisotopic (exact) mass is 281 g/mol. The zero-order valence-electron chi connectivity index (χ0n) is 12.4. The van der Waals surface area contributed by atoms with Crippen molar-refractivity contribution in [2.75, 3.05) is 26.2 Å². The molecule has 0 aliphatic carbocycles. The van der Waals surface area contributed by atoms with Crippen LogP contribution in [0.2, 0.25) is 0 Å². The summed E-state index contributed by atoms with van der Waals surface area (Å²) in [7, 11) is 0. The number of hydrogen-bond donors (Lipinski definition) is 1. The second-order valence-corrected chi connectivity index (χ2v) is 5.19. The van der Waals surface area contributed by atoms with E-state index in [4.69, 9.17) is 0 Å². The van der Waals surface area contributed by atoms with E-state index >= 15 is 0 Å². The van der Waals surface area contributed by atoms with Crippen molar-refractivity contribution in [1.29, 1.82) is 0 Å². The molecule has 1 aliphatic rings. The van der Waals surface area contributed by atoms with Gasteiger partial charge in [0, 0.05) is 32.7 Å². The van der Waals surface area contributed by atoms with Crippen LogP contribution in [-0.4, -0.2) is 67.9 Å². The Hall–Kier alpha value is -1.47. The van der Waals surface area contributed by atoms with E-state index in [0.29, 0.717) is 13.1 Å². The highest BCUT2D eigenvalue weighted by molar-refractivity contribution is 5.80. The molecule has 1 atom stereocenters. The van der Waals surface area contributed by atoms with Crippen molar-refractivity contribution in [3.05, 3.63) is 11.6 Å². The van der Waals surface area contributed by atoms with Gasteiger partial charge < -0.3 is 14.6 Å². The fraction of sp³-hybridized carbons (Fsp3) is 0.769. The van der Waals surface area contributed by atoms with Crippen LogP contribution in [0, 0.1) is 6.92 Å². The van der Waals surface area contributed by atoms with E-state index in [1.807, 2.05) is 6.92 Å². The molecule has 0 saturated carbocycles. The van der Waals surface area contributed by atoms with E-state index in [1.165, 1.54) is 6.92 Å². The molecule has 1 aromatic rings. The minimum absolute atomic E-state index is 0.183. The van der Waals surface area contributed by atoms with Crippen LogP contribution in [0.25, 0.3) is 0 Å². The number of hydrogen-bond acceptors (Lipinski definition) is 5. The summed E-state index contributed by atoms with van der Waals surface area (Å²) in [6.07, 6.45) is -0.910. The van der Waals surface area contributed by atoms with Gasteiger partial charge in [0.05, 0.1) is 6.54 Å². The van der Waals surface area contributed by atoms with Gasteiger partial charge in [-0.1, -0.05) is 0 Å². The standard InChI is InChI=1S/C13H23N5O2/c1-4-18-11(3)14-15-12(18)9-16-5-7-17(8-6-16)13(20)10(2)19/h10,19H,4-9H2,1-3H3. The highest BCUT2D eigenvalue weighted by Gasteiger charge is 2.24. The molecular weight excluding hydrogens is 258 g/mol. The van der Waals surface area contributed by atoms with E-state index in [-0.39, 0.29) is 5.91 Å². The molecule has 7 nitrogen and oxygen atoms in total. The number of aliphatic hydroxyl groups excluding tert-OH is 1. The molecule has 1 aromatic heterocycles. The third kappa shape index (κ3) is 3.16. The minimum atomic E-state index is -0.910. The zero-order chi connectivity index (χ0) is 14.7. The molecule has 0 bridgehead atoms. The highest BCUT2D eigenvalue weighted by atomic mass is 16.3. The summed E-state index contributed by atoms with van der Waals surface area (Å²) in [6, 6.07) is 0. The molecule has 7 heteroatoms. The van der Waals surface area contributed by atoms with E-state index < -0.39 is 6.10 Å². The molecule has 1 unspecified atom stereocenters. The lowest BCUT2D eigenvalue weighted by atomic mass is 10.2. The summed E-state index contributed by atoms with van der Waals surface area (Å²) in [5, 5.41) is 17.6. The Morgan fingerprint density at radius 2 is 1.95 bits per heavy atom. The topological polar surface area (TPSA) is 74.5 Å². The SMILES string of the molecule is CCn1c(C)nnc1CN1CCN(C(=O)C(C)O)CC1. The van der Waals surface area contributed by atoms with Crippen LogP contribution >= 0.6 is 0 Å². The average molecular weight is 281 g/mol. The lowest BCUT2D eigenvalue weighted by Gasteiger charge is -2.35. The van der Waals surface area contributed by atoms with Gasteiger partial charge in [0.25, 0.3) is 5.91 Å². The van der Waals surface area contributed by atoms with Crippen molar-refractivity contribution in [1.82, 2.24) is 24.6 Å². The fourth-order valence-corrected chi connectivity index (χ4v) is 2.54. The first kappa shape index (κ1) is 14.9. The normalized spacial score (nSPS) is 18.3. The molecule has 0 aromatic carbocycles. The number of rotatable bonds is 4. The lowest BCUT2D eigenvalue weighted by molar-refractivity contribution is -0.141. The van der Waals surface area contributed by atoms with Gasteiger partial charge in [-0.05, 0) is 20.8 Å². The van der Waals surface area contributed by atoms with E-state index in [1.54, 1.807) is 4.90 Å². The molecule has 0 spiro atoms. The lowest BCUT2D eigenvalue weighted by Crippen LogP contribution is -2.50. The van der Waals surface area contributed by atoms with Crippen molar-refractivity contribution in [3.8, 4) is 0 Å². The van der Waals surface area contributed by atoms with Crippen molar-refractivity contribution >= 4 is 5.91 Å². The van der Waals surface area contributed by atoms with Crippen LogP contribution in [0.1, 0.15) is 25.5 Å². The Morgan fingerprint density at radius 3 is 2.50 bits per heavy atom. The van der Waals surface area contributed by atoms with Crippen molar-refractivity contribution in [2.45, 2.75) is 40.0 Å². The largest absolute Gasteiger partial charge is 0.384 e. The Kier molecular flexibility index (Phi) is 4.72. The first-order chi connectivity index (χ1) is 9.52. The van der Waals surface area contributed by atoms with Gasteiger partial charge in [-0.3, -0.25) is 9.69 Å². The summed E-state index contributed by atoms with van der Waals surface area (Å²) in [5.74, 6) is 1.72. The molecule has 0 radical (unpaired) electrons. The Bertz CT molecular complexity index is 463. The second kappa shape index (κ2) is 6.32. The van der Waals surface area contributed by atoms with Crippen LogP contribution in [-0.2, 0) is 17.9 Å². The van der Waals surface area contributed by atoms with Crippen molar-refractivity contribution < 1.29 is 9.90 Å². The third-order valence-electron chi connectivity index (χ3n) is 3.73. The van der Waals surface area contributed by atoms with Gasteiger partial charge in [-0.25, -0.2) is 0 Å². The Labute approximate surface area is 119 Å². The maximum atomic E-state index is 11.7. The van der Waals surface area contributed by atoms with Crippen LogP contribution in [0.5, 0.6) is 0 Å². The van der Waals surface area contributed by atoms with Crippen molar-refractivity contribution in [3.63, 3.8) is 0 Å². The summed E-state index contributed by atoms with van der Waals surface area (Å²) < 4.78 is 2.10. The van der Waals surface area contributed by atoms with E-state index in [9.17, 15) is 9.90 Å². The van der Waals surface area contributed by atoms with Crippen LogP contribution in [0.4, 0.5) is 0 Å². The molecule has 20 heavy (non-hydrogen) atoms. The van der Waals surface area contributed by atoms with E-state index in [0.717, 1.165) is 37.8 Å². The summed E-state index contributed by atoms with van der Waals surface area (Å²) in [5.41, 5.74) is 0. The zero-order valence-corrected chi connectivity index (χ0v) is 12.4. The molecule has 112 valence electrons. The number of aromatic nitrogens is 3. The maximum absolute atomic E-state index is 11.7. The molecule has 1 N–H and O–H groups in total. The molecular formula is C13H23N5O2. The smallest absolute Gasteiger partial charge is 0.251 e. The molecule has 1 saturated heterocycles. The van der Waals surface area contributed by atoms with Gasteiger partial charge in [0.1, 0.15) is 17.8 Å². The number of carbonyl (C=O) groups is 1. The number of carbonyl (C=O) groups excluding carboxylic acids is 1. The average Bonchev–Trinajstić information content (AvgIpc) is 2.79. The van der Waals surface area contributed by atoms with E-state index in [2.05, 4.69) is 26.6 Å². The number of aryl methyl sites for hydroxylation is 1. The Balaban J connectivity index is 1.90. The quantitative estimate of drug-likeness (QED) is 0.815. The van der Waals surface area contributed by atoms with Gasteiger partial charge in [-0.15, -0.1) is 10.2 Å². The number of aliphatic hydroxyl groups is 1. The molecule has 2 heterocycles.